The van der Waals surface area contributed by atoms with Gasteiger partial charge in [-0.2, -0.15) is 4.98 Å². The summed E-state index contributed by atoms with van der Waals surface area (Å²) in [5.41, 5.74) is 1.88. The molecule has 0 aliphatic heterocycles. The Kier molecular flexibility index (Phi) is 5.15. The topological polar surface area (TPSA) is 83.0 Å². The van der Waals surface area contributed by atoms with E-state index in [2.05, 4.69) is 25.6 Å². The average molecular weight is 339 g/mol. The quantitative estimate of drug-likeness (QED) is 0.640. The highest BCUT2D eigenvalue weighted by molar-refractivity contribution is 5.65. The molecule has 3 N–H and O–H groups in total. The standard InChI is InChI=1S/C18H18FN5O/c1-12(11-25)21-18-23-16(15-7-2-3-8-20-15)10-17(24-18)22-14-6-4-5-13(19)9-14/h2-10,12,25H,11H2,1H3,(H2,21,22,23,24)/t12-/m0/s1. The number of pyridine rings is 1. The highest BCUT2D eigenvalue weighted by atomic mass is 19.1. The van der Waals surface area contributed by atoms with E-state index >= 15 is 0 Å². The molecular formula is C18H18FN5O. The molecule has 6 nitrogen and oxygen atoms in total. The van der Waals surface area contributed by atoms with Crippen LogP contribution in [-0.2, 0) is 0 Å². The number of rotatable bonds is 6. The average Bonchev–Trinajstić information content (AvgIpc) is 2.62. The molecule has 0 unspecified atom stereocenters. The Bertz CT molecular complexity index is 844. The number of aromatic nitrogens is 3. The molecule has 0 aliphatic carbocycles. The van der Waals surface area contributed by atoms with E-state index in [1.165, 1.54) is 12.1 Å². The van der Waals surface area contributed by atoms with Gasteiger partial charge in [0.1, 0.15) is 11.6 Å². The lowest BCUT2D eigenvalue weighted by molar-refractivity contribution is 0.281. The first kappa shape index (κ1) is 16.8. The van der Waals surface area contributed by atoms with Crippen LogP contribution in [0.4, 0.5) is 21.8 Å². The molecule has 0 amide bonds. The minimum atomic E-state index is -0.337. The molecule has 25 heavy (non-hydrogen) atoms. The van der Waals surface area contributed by atoms with Gasteiger partial charge in [0, 0.05) is 24.0 Å². The molecule has 0 saturated carbocycles. The maximum atomic E-state index is 13.4. The second-order valence-corrected chi connectivity index (χ2v) is 5.54. The molecule has 2 heterocycles. The number of aliphatic hydroxyl groups excluding tert-OH is 1. The smallest absolute Gasteiger partial charge is 0.225 e. The van der Waals surface area contributed by atoms with Crippen LogP contribution in [0.3, 0.4) is 0 Å². The Morgan fingerprint density at radius 2 is 1.96 bits per heavy atom. The largest absolute Gasteiger partial charge is 0.394 e. The molecule has 1 atom stereocenters. The number of aliphatic hydroxyl groups is 1. The summed E-state index contributed by atoms with van der Waals surface area (Å²) in [5.74, 6) is 0.508. The van der Waals surface area contributed by atoms with Crippen molar-refractivity contribution in [3.63, 3.8) is 0 Å². The summed E-state index contributed by atoms with van der Waals surface area (Å²) in [6, 6.07) is 13.2. The molecule has 128 valence electrons. The Labute approximate surface area is 144 Å². The van der Waals surface area contributed by atoms with E-state index in [1.807, 2.05) is 25.1 Å². The number of hydrogen-bond donors (Lipinski definition) is 3. The summed E-state index contributed by atoms with van der Waals surface area (Å²) in [6.07, 6.45) is 1.68. The minimum Gasteiger partial charge on any atom is -0.394 e. The third kappa shape index (κ3) is 4.48. The number of benzene rings is 1. The third-order valence-corrected chi connectivity index (χ3v) is 3.40. The highest BCUT2D eigenvalue weighted by Gasteiger charge is 2.10. The van der Waals surface area contributed by atoms with Gasteiger partial charge in [0.05, 0.1) is 18.0 Å². The minimum absolute atomic E-state index is 0.0518. The fourth-order valence-electron chi connectivity index (χ4n) is 2.20. The Hall–Kier alpha value is -3.06. The van der Waals surface area contributed by atoms with Gasteiger partial charge in [-0.05, 0) is 37.3 Å². The lowest BCUT2D eigenvalue weighted by atomic mass is 10.2. The molecule has 3 rings (SSSR count). The van der Waals surface area contributed by atoms with Crippen LogP contribution in [-0.4, -0.2) is 32.7 Å². The van der Waals surface area contributed by atoms with Crippen LogP contribution in [0.2, 0.25) is 0 Å². The zero-order chi connectivity index (χ0) is 17.6. The van der Waals surface area contributed by atoms with Crippen LogP contribution >= 0.6 is 0 Å². The molecule has 2 aromatic heterocycles. The maximum Gasteiger partial charge on any atom is 0.225 e. The molecule has 3 aromatic rings. The predicted molar refractivity (Wildman–Crippen MR) is 95.1 cm³/mol. The molecule has 0 bridgehead atoms. The first-order valence-electron chi connectivity index (χ1n) is 7.84. The van der Waals surface area contributed by atoms with Crippen molar-refractivity contribution in [2.24, 2.45) is 0 Å². The van der Waals surface area contributed by atoms with E-state index in [1.54, 1.807) is 24.4 Å². The summed E-state index contributed by atoms with van der Waals surface area (Å²) >= 11 is 0. The van der Waals surface area contributed by atoms with Gasteiger partial charge in [0.2, 0.25) is 5.95 Å². The molecule has 1 aromatic carbocycles. The van der Waals surface area contributed by atoms with Gasteiger partial charge >= 0.3 is 0 Å². The van der Waals surface area contributed by atoms with Crippen LogP contribution in [0.1, 0.15) is 6.92 Å². The summed E-state index contributed by atoms with van der Waals surface area (Å²) in [5, 5.41) is 15.3. The van der Waals surface area contributed by atoms with E-state index in [4.69, 9.17) is 0 Å². The molecule has 0 saturated heterocycles. The van der Waals surface area contributed by atoms with Crippen LogP contribution in [0, 0.1) is 5.82 Å². The third-order valence-electron chi connectivity index (χ3n) is 3.40. The van der Waals surface area contributed by atoms with Gasteiger partial charge in [-0.3, -0.25) is 4.98 Å². The zero-order valence-corrected chi connectivity index (χ0v) is 13.6. The fraction of sp³-hybridized carbons (Fsp3) is 0.167. The van der Waals surface area contributed by atoms with Gasteiger partial charge in [-0.1, -0.05) is 12.1 Å². The Morgan fingerprint density at radius 3 is 2.68 bits per heavy atom. The fourth-order valence-corrected chi connectivity index (χ4v) is 2.20. The summed E-state index contributed by atoms with van der Waals surface area (Å²) in [7, 11) is 0. The normalized spacial score (nSPS) is 11.8. The Morgan fingerprint density at radius 1 is 1.08 bits per heavy atom. The first-order chi connectivity index (χ1) is 12.1. The van der Waals surface area contributed by atoms with Crippen molar-refractivity contribution in [2.75, 3.05) is 17.2 Å². The number of anilines is 3. The summed E-state index contributed by atoms with van der Waals surface area (Å²) < 4.78 is 13.4. The molecule has 7 heteroatoms. The lowest BCUT2D eigenvalue weighted by Gasteiger charge is -2.14. The second kappa shape index (κ2) is 7.67. The SMILES string of the molecule is C[C@@H](CO)Nc1nc(Nc2cccc(F)c2)cc(-c2ccccn2)n1. The van der Waals surface area contributed by atoms with Gasteiger partial charge in [-0.15, -0.1) is 0 Å². The molecular weight excluding hydrogens is 321 g/mol. The van der Waals surface area contributed by atoms with E-state index < -0.39 is 0 Å². The van der Waals surface area contributed by atoms with Gasteiger partial charge < -0.3 is 15.7 Å². The van der Waals surface area contributed by atoms with E-state index in [9.17, 15) is 9.50 Å². The maximum absolute atomic E-state index is 13.4. The van der Waals surface area contributed by atoms with Crippen LogP contribution in [0.5, 0.6) is 0 Å². The molecule has 0 fully saturated rings. The second-order valence-electron chi connectivity index (χ2n) is 5.54. The number of nitrogens with zero attached hydrogens (tertiary/aromatic N) is 3. The summed E-state index contributed by atoms with van der Waals surface area (Å²) in [4.78, 5) is 13.1. The number of hydrogen-bond acceptors (Lipinski definition) is 6. The van der Waals surface area contributed by atoms with E-state index in [0.29, 0.717) is 28.8 Å². The first-order valence-corrected chi connectivity index (χ1v) is 7.84. The Balaban J connectivity index is 1.97. The molecule has 0 radical (unpaired) electrons. The van der Waals surface area contributed by atoms with Crippen molar-refractivity contribution in [1.29, 1.82) is 0 Å². The van der Waals surface area contributed by atoms with Gasteiger partial charge in [-0.25, -0.2) is 9.37 Å². The van der Waals surface area contributed by atoms with Crippen molar-refractivity contribution in [2.45, 2.75) is 13.0 Å². The molecule has 0 aliphatic rings. The monoisotopic (exact) mass is 339 g/mol. The highest BCUT2D eigenvalue weighted by Crippen LogP contribution is 2.22. The zero-order valence-electron chi connectivity index (χ0n) is 13.6. The van der Waals surface area contributed by atoms with Crippen LogP contribution in [0.15, 0.2) is 54.7 Å². The summed E-state index contributed by atoms with van der Waals surface area (Å²) in [6.45, 7) is 1.76. The van der Waals surface area contributed by atoms with E-state index in [-0.39, 0.29) is 18.5 Å². The van der Waals surface area contributed by atoms with Crippen LogP contribution < -0.4 is 10.6 Å². The number of halogens is 1. The van der Waals surface area contributed by atoms with E-state index in [0.717, 1.165) is 0 Å². The van der Waals surface area contributed by atoms with Crippen molar-refractivity contribution in [1.82, 2.24) is 15.0 Å². The van der Waals surface area contributed by atoms with Crippen molar-refractivity contribution >= 4 is 17.5 Å². The van der Waals surface area contributed by atoms with Crippen LogP contribution in [0.25, 0.3) is 11.4 Å². The van der Waals surface area contributed by atoms with Gasteiger partial charge in [0.25, 0.3) is 0 Å². The van der Waals surface area contributed by atoms with Crippen molar-refractivity contribution in [3.05, 3.63) is 60.5 Å². The van der Waals surface area contributed by atoms with Crippen molar-refractivity contribution in [3.8, 4) is 11.4 Å². The lowest BCUT2D eigenvalue weighted by Crippen LogP contribution is -2.21. The number of nitrogens with one attached hydrogen (secondary N) is 2. The predicted octanol–water partition coefficient (Wildman–Crippen LogP) is 3.21. The van der Waals surface area contributed by atoms with Crippen molar-refractivity contribution < 1.29 is 9.50 Å². The molecule has 0 spiro atoms. The van der Waals surface area contributed by atoms with Gasteiger partial charge in [0.15, 0.2) is 0 Å².